The minimum atomic E-state index is -4.58. The van der Waals surface area contributed by atoms with Gasteiger partial charge in [-0.3, -0.25) is 9.40 Å². The molecular formula is C14H11F5N4O2S. The summed E-state index contributed by atoms with van der Waals surface area (Å²) < 4.78 is 92.1. The Bertz CT molecular complexity index is 1070. The van der Waals surface area contributed by atoms with Gasteiger partial charge in [0.15, 0.2) is 5.69 Å². The molecule has 2 aromatic heterocycles. The van der Waals surface area contributed by atoms with E-state index in [0.717, 1.165) is 35.3 Å². The number of halogens is 5. The van der Waals surface area contributed by atoms with Crippen LogP contribution in [0.2, 0.25) is 0 Å². The lowest BCUT2D eigenvalue weighted by atomic mass is 10.1. The molecule has 0 radical (unpaired) electrons. The van der Waals surface area contributed by atoms with Gasteiger partial charge in [0.2, 0.25) is 0 Å². The Morgan fingerprint density at radius 1 is 1.27 bits per heavy atom. The average molecular weight is 394 g/mol. The second kappa shape index (κ2) is 5.97. The fraction of sp³-hybridized carbons (Fsp3) is 0.214. The first-order valence-corrected chi connectivity index (χ1v) is 8.50. The van der Waals surface area contributed by atoms with E-state index in [-0.39, 0.29) is 15.8 Å². The number of rotatable bonds is 4. The summed E-state index contributed by atoms with van der Waals surface area (Å²) in [5, 5.41) is 3.48. The average Bonchev–Trinajstić information content (AvgIpc) is 3.09. The molecule has 1 aromatic carbocycles. The molecule has 3 rings (SSSR count). The molecule has 0 saturated heterocycles. The highest BCUT2D eigenvalue weighted by Crippen LogP contribution is 2.34. The molecule has 3 aromatic rings. The number of alkyl halides is 5. The predicted molar refractivity (Wildman–Crippen MR) is 82.3 cm³/mol. The number of hydrogen-bond donors (Lipinski definition) is 2. The Balaban J connectivity index is 2.03. The van der Waals surface area contributed by atoms with Crippen molar-refractivity contribution >= 4 is 26.6 Å². The zero-order valence-corrected chi connectivity index (χ0v) is 13.8. The Labute approximate surface area is 143 Å². The highest BCUT2D eigenvalue weighted by Gasteiger charge is 2.31. The SMILES string of the molecule is Cn1cc(NS(=O)(=O)c2c[nH]c3cc(C(F)(F)F)ccc23)c(C(F)F)n1. The van der Waals surface area contributed by atoms with Crippen LogP contribution >= 0.6 is 0 Å². The van der Waals surface area contributed by atoms with Crippen molar-refractivity contribution in [2.75, 3.05) is 4.72 Å². The van der Waals surface area contributed by atoms with Crippen molar-refractivity contribution in [1.29, 1.82) is 0 Å². The number of aromatic nitrogens is 3. The maximum atomic E-state index is 12.9. The van der Waals surface area contributed by atoms with E-state index >= 15 is 0 Å². The van der Waals surface area contributed by atoms with Crippen LogP contribution in [0.4, 0.5) is 27.6 Å². The van der Waals surface area contributed by atoms with E-state index in [1.807, 2.05) is 4.72 Å². The number of nitrogens with one attached hydrogen (secondary N) is 2. The van der Waals surface area contributed by atoms with Crippen LogP contribution in [0.3, 0.4) is 0 Å². The molecule has 26 heavy (non-hydrogen) atoms. The molecule has 0 amide bonds. The first kappa shape index (κ1) is 18.2. The van der Waals surface area contributed by atoms with Crippen molar-refractivity contribution in [2.45, 2.75) is 17.5 Å². The minimum absolute atomic E-state index is 0.00649. The van der Waals surface area contributed by atoms with Crippen LogP contribution in [-0.4, -0.2) is 23.2 Å². The molecular weight excluding hydrogens is 383 g/mol. The molecule has 140 valence electrons. The molecule has 2 N–H and O–H groups in total. The second-order valence-corrected chi connectivity index (χ2v) is 7.07. The molecule has 0 atom stereocenters. The van der Waals surface area contributed by atoms with Gasteiger partial charge in [-0.25, -0.2) is 17.2 Å². The standard InChI is InChI=1S/C14H11F5N4O2S/c1-23-6-10(12(21-23)13(15)16)22-26(24,25)11-5-20-9-4-7(14(17,18)19)2-3-8(9)11/h2-6,13,20,22H,1H3. The van der Waals surface area contributed by atoms with Gasteiger partial charge in [-0.2, -0.15) is 18.3 Å². The summed E-state index contributed by atoms with van der Waals surface area (Å²) in [6.07, 6.45) is -5.54. The molecule has 0 bridgehead atoms. The maximum Gasteiger partial charge on any atom is 0.416 e. The normalized spacial score (nSPS) is 12.9. The fourth-order valence-corrected chi connectivity index (χ4v) is 3.68. The van der Waals surface area contributed by atoms with Crippen LogP contribution in [0.15, 0.2) is 35.5 Å². The van der Waals surface area contributed by atoms with E-state index in [2.05, 4.69) is 10.1 Å². The number of nitrogens with zero attached hydrogens (tertiary/aromatic N) is 2. The van der Waals surface area contributed by atoms with Crippen LogP contribution in [-0.2, 0) is 23.2 Å². The lowest BCUT2D eigenvalue weighted by molar-refractivity contribution is -0.137. The predicted octanol–water partition coefficient (Wildman–Crippen LogP) is 3.66. The van der Waals surface area contributed by atoms with Crippen LogP contribution < -0.4 is 4.72 Å². The molecule has 0 unspecified atom stereocenters. The van der Waals surface area contributed by atoms with Crippen molar-refractivity contribution in [1.82, 2.24) is 14.8 Å². The zero-order valence-electron chi connectivity index (χ0n) is 13.0. The van der Waals surface area contributed by atoms with Crippen molar-refractivity contribution in [2.24, 2.45) is 7.05 Å². The summed E-state index contributed by atoms with van der Waals surface area (Å²) in [6, 6.07) is 2.51. The van der Waals surface area contributed by atoms with Crippen LogP contribution in [0, 0.1) is 0 Å². The number of aromatic amines is 1. The lowest BCUT2D eigenvalue weighted by Crippen LogP contribution is -2.13. The van der Waals surface area contributed by atoms with E-state index in [1.165, 1.54) is 7.05 Å². The summed E-state index contributed by atoms with van der Waals surface area (Å²) >= 11 is 0. The van der Waals surface area contributed by atoms with Gasteiger partial charge in [-0.05, 0) is 12.1 Å². The largest absolute Gasteiger partial charge is 0.416 e. The van der Waals surface area contributed by atoms with Gasteiger partial charge in [0, 0.05) is 30.3 Å². The van der Waals surface area contributed by atoms with Gasteiger partial charge in [0.25, 0.3) is 16.4 Å². The Kier molecular flexibility index (Phi) is 4.17. The zero-order chi connectivity index (χ0) is 19.3. The number of benzene rings is 1. The summed E-state index contributed by atoms with van der Waals surface area (Å²) in [7, 11) is -3.00. The van der Waals surface area contributed by atoms with Crippen LogP contribution in [0.5, 0.6) is 0 Å². The minimum Gasteiger partial charge on any atom is -0.360 e. The fourth-order valence-electron chi connectivity index (χ4n) is 2.44. The van der Waals surface area contributed by atoms with Crippen molar-refractivity contribution in [3.05, 3.63) is 41.9 Å². The Hall–Kier alpha value is -2.63. The van der Waals surface area contributed by atoms with Crippen molar-refractivity contribution in [3.8, 4) is 0 Å². The van der Waals surface area contributed by atoms with E-state index in [4.69, 9.17) is 0 Å². The highest BCUT2D eigenvalue weighted by molar-refractivity contribution is 7.93. The highest BCUT2D eigenvalue weighted by atomic mass is 32.2. The van der Waals surface area contributed by atoms with Crippen molar-refractivity contribution in [3.63, 3.8) is 0 Å². The second-order valence-electron chi connectivity index (χ2n) is 5.42. The third-order valence-corrected chi connectivity index (χ3v) is 4.97. The summed E-state index contributed by atoms with van der Waals surface area (Å²) in [4.78, 5) is 2.08. The molecule has 0 aliphatic carbocycles. The van der Waals surface area contributed by atoms with Gasteiger partial charge >= 0.3 is 6.18 Å². The van der Waals surface area contributed by atoms with Crippen LogP contribution in [0.1, 0.15) is 17.7 Å². The third-order valence-electron chi connectivity index (χ3n) is 3.57. The number of aryl methyl sites for hydroxylation is 1. The molecule has 0 aliphatic heterocycles. The molecule has 0 aliphatic rings. The summed E-state index contributed by atoms with van der Waals surface area (Å²) in [6.45, 7) is 0. The monoisotopic (exact) mass is 394 g/mol. The molecule has 0 spiro atoms. The van der Waals surface area contributed by atoms with Gasteiger partial charge in [0.05, 0.1) is 11.3 Å². The van der Waals surface area contributed by atoms with Gasteiger partial charge in [-0.15, -0.1) is 0 Å². The Morgan fingerprint density at radius 2 is 1.96 bits per heavy atom. The topological polar surface area (TPSA) is 79.8 Å². The first-order valence-electron chi connectivity index (χ1n) is 7.02. The number of sulfonamides is 1. The molecule has 0 fully saturated rings. The van der Waals surface area contributed by atoms with Crippen LogP contribution in [0.25, 0.3) is 10.9 Å². The molecule has 0 saturated carbocycles. The van der Waals surface area contributed by atoms with Crippen molar-refractivity contribution < 1.29 is 30.4 Å². The lowest BCUT2D eigenvalue weighted by Gasteiger charge is -2.08. The molecule has 12 heteroatoms. The van der Waals surface area contributed by atoms with E-state index < -0.39 is 39.6 Å². The maximum absolute atomic E-state index is 12.9. The number of fused-ring (bicyclic) bond motifs is 1. The third kappa shape index (κ3) is 3.23. The van der Waals surface area contributed by atoms with Gasteiger partial charge in [0.1, 0.15) is 4.90 Å². The van der Waals surface area contributed by atoms with Gasteiger partial charge < -0.3 is 4.98 Å². The smallest absolute Gasteiger partial charge is 0.360 e. The number of anilines is 1. The quantitative estimate of drug-likeness (QED) is 0.663. The first-order chi connectivity index (χ1) is 12.0. The molecule has 6 nitrogen and oxygen atoms in total. The summed E-state index contributed by atoms with van der Waals surface area (Å²) in [5.74, 6) is 0. The number of hydrogen-bond acceptors (Lipinski definition) is 3. The number of H-pyrrole nitrogens is 1. The summed E-state index contributed by atoms with van der Waals surface area (Å²) in [5.41, 5.74) is -2.17. The molecule has 2 heterocycles. The van der Waals surface area contributed by atoms with E-state index in [0.29, 0.717) is 0 Å². The Morgan fingerprint density at radius 3 is 2.58 bits per heavy atom. The van der Waals surface area contributed by atoms with E-state index in [9.17, 15) is 30.4 Å². The van der Waals surface area contributed by atoms with Gasteiger partial charge in [-0.1, -0.05) is 6.07 Å². The van der Waals surface area contributed by atoms with E-state index in [1.54, 1.807) is 0 Å².